The number of hydroxylamine groups is 1. The first-order valence-corrected chi connectivity index (χ1v) is 15.8. The number of hydrogen-bond donors (Lipinski definition) is 2. The molecule has 0 aromatic heterocycles. The van der Waals surface area contributed by atoms with E-state index in [4.69, 9.17) is 25.9 Å². The summed E-state index contributed by atoms with van der Waals surface area (Å²) in [7, 11) is -3.92. The van der Waals surface area contributed by atoms with E-state index in [-0.39, 0.29) is 37.7 Å². The molecule has 3 amide bonds. The maximum atomic E-state index is 14.0. The van der Waals surface area contributed by atoms with Gasteiger partial charge in [0.2, 0.25) is 5.91 Å². The molecule has 2 heterocycles. The first-order chi connectivity index (χ1) is 19.4. The van der Waals surface area contributed by atoms with Crippen molar-refractivity contribution in [2.45, 2.75) is 69.5 Å². The number of nitrogens with zero attached hydrogens (tertiary/aromatic N) is 1. The van der Waals surface area contributed by atoms with Crippen molar-refractivity contribution < 1.29 is 32.3 Å². The smallest absolute Gasteiger partial charge is 0.317 e. The number of carbonyl (C=O) groups is 2. The summed E-state index contributed by atoms with van der Waals surface area (Å²) in [6.45, 7) is 6.27. The second-order valence-electron chi connectivity index (χ2n) is 11.4. The minimum absolute atomic E-state index is 0.0117. The Balaban J connectivity index is 1.60. The highest BCUT2D eigenvalue weighted by molar-refractivity contribution is 7.92. The zero-order valence-corrected chi connectivity index (χ0v) is 25.2. The Kier molecular flexibility index (Phi) is 9.84. The zero-order valence-electron chi connectivity index (χ0n) is 23.7. The molecule has 2 aliphatic rings. The third kappa shape index (κ3) is 8.12. The highest BCUT2D eigenvalue weighted by Gasteiger charge is 2.49. The van der Waals surface area contributed by atoms with Gasteiger partial charge in [-0.1, -0.05) is 23.7 Å². The van der Waals surface area contributed by atoms with Crippen LogP contribution in [0.1, 0.15) is 58.4 Å². The number of carbonyl (C=O) groups excluding carboxylic acids is 2. The van der Waals surface area contributed by atoms with Crippen LogP contribution in [-0.2, 0) is 29.0 Å². The van der Waals surface area contributed by atoms with Gasteiger partial charge in [0.25, 0.3) is 0 Å². The third-order valence-corrected chi connectivity index (χ3v) is 9.84. The molecule has 2 fully saturated rings. The normalized spacial score (nSPS) is 22.8. The molecule has 2 saturated heterocycles. The molecule has 2 unspecified atom stereocenters. The van der Waals surface area contributed by atoms with Gasteiger partial charge < -0.3 is 19.7 Å². The van der Waals surface area contributed by atoms with Crippen molar-refractivity contribution in [3.05, 3.63) is 59.1 Å². The molecule has 0 aliphatic carbocycles. The lowest BCUT2D eigenvalue weighted by Crippen LogP contribution is -2.49. The first-order valence-electron chi connectivity index (χ1n) is 13.8. The SMILES string of the molecule is CC(C)(C)NC(=O)N1CCC(CC(=O)NOC2CCCCO2)(c2ccc(Oc3ccc(Cl)cc3)cc2)S(=O)(=O)CC1. The van der Waals surface area contributed by atoms with Crippen LogP contribution in [0.4, 0.5) is 4.79 Å². The number of hydrogen-bond acceptors (Lipinski definition) is 7. The Morgan fingerprint density at radius 1 is 1.05 bits per heavy atom. The van der Waals surface area contributed by atoms with Gasteiger partial charge in [0.1, 0.15) is 16.2 Å². The van der Waals surface area contributed by atoms with Crippen LogP contribution in [-0.4, -0.2) is 62.5 Å². The van der Waals surface area contributed by atoms with Gasteiger partial charge in [-0.05, 0) is 82.0 Å². The Bertz CT molecular complexity index is 1310. The Hall–Kier alpha value is -2.86. The highest BCUT2D eigenvalue weighted by atomic mass is 35.5. The molecule has 10 nitrogen and oxygen atoms in total. The molecule has 2 atom stereocenters. The Labute approximate surface area is 246 Å². The van der Waals surface area contributed by atoms with E-state index in [0.29, 0.717) is 35.1 Å². The van der Waals surface area contributed by atoms with Crippen LogP contribution in [0.25, 0.3) is 0 Å². The molecule has 224 valence electrons. The van der Waals surface area contributed by atoms with Crippen LogP contribution in [0.5, 0.6) is 11.5 Å². The average Bonchev–Trinajstić information content (AvgIpc) is 3.05. The Morgan fingerprint density at radius 2 is 1.71 bits per heavy atom. The fraction of sp³-hybridized carbons (Fsp3) is 0.517. The summed E-state index contributed by atoms with van der Waals surface area (Å²) in [5.74, 6) is 0.177. The van der Waals surface area contributed by atoms with E-state index < -0.39 is 32.3 Å². The molecule has 2 aliphatic heterocycles. The number of halogens is 1. The summed E-state index contributed by atoms with van der Waals surface area (Å²) in [5, 5.41) is 3.48. The van der Waals surface area contributed by atoms with Gasteiger partial charge in [-0.25, -0.2) is 23.5 Å². The number of ether oxygens (including phenoxy) is 2. The van der Waals surface area contributed by atoms with Gasteiger partial charge in [0, 0.05) is 36.7 Å². The fourth-order valence-corrected chi connectivity index (χ4v) is 7.16. The summed E-state index contributed by atoms with van der Waals surface area (Å²) < 4.78 is 37.8. The van der Waals surface area contributed by atoms with Crippen LogP contribution in [0.15, 0.2) is 48.5 Å². The first kappa shape index (κ1) is 31.1. The monoisotopic (exact) mass is 607 g/mol. The molecule has 0 radical (unpaired) electrons. The predicted molar refractivity (Wildman–Crippen MR) is 155 cm³/mol. The van der Waals surface area contributed by atoms with Crippen molar-refractivity contribution >= 4 is 33.4 Å². The highest BCUT2D eigenvalue weighted by Crippen LogP contribution is 2.41. The topological polar surface area (TPSA) is 123 Å². The second-order valence-corrected chi connectivity index (χ2v) is 14.3. The average molecular weight is 608 g/mol. The fourth-order valence-electron chi connectivity index (χ4n) is 4.93. The molecule has 0 spiro atoms. The largest absolute Gasteiger partial charge is 0.457 e. The van der Waals surface area contributed by atoms with E-state index in [0.717, 1.165) is 12.8 Å². The molecule has 4 rings (SSSR count). The number of amides is 3. The van der Waals surface area contributed by atoms with Gasteiger partial charge in [-0.15, -0.1) is 0 Å². The molecule has 0 bridgehead atoms. The molecule has 2 aromatic carbocycles. The number of rotatable bonds is 7. The standard InChI is InChI=1S/C29H38ClN3O7S/c1-28(2,3)31-27(35)33-16-15-29(41(36,37)19-17-33,20-25(34)32-40-26-6-4-5-18-38-26)21-7-11-23(12-8-21)39-24-13-9-22(30)10-14-24/h7-14,26H,4-6,15-20H2,1-3H3,(H,31,35)(H,32,34). The molecule has 41 heavy (non-hydrogen) atoms. The summed E-state index contributed by atoms with van der Waals surface area (Å²) in [4.78, 5) is 33.1. The van der Waals surface area contributed by atoms with Crippen LogP contribution in [0.2, 0.25) is 5.02 Å². The molecular weight excluding hydrogens is 570 g/mol. The van der Waals surface area contributed by atoms with Gasteiger partial charge in [0.15, 0.2) is 16.1 Å². The molecule has 2 aromatic rings. The lowest BCUT2D eigenvalue weighted by atomic mass is 9.90. The molecule has 0 saturated carbocycles. The minimum Gasteiger partial charge on any atom is -0.457 e. The van der Waals surface area contributed by atoms with E-state index in [1.165, 1.54) is 4.90 Å². The number of sulfone groups is 1. The third-order valence-electron chi connectivity index (χ3n) is 7.10. The van der Waals surface area contributed by atoms with Crippen LogP contribution < -0.4 is 15.5 Å². The number of benzene rings is 2. The lowest BCUT2D eigenvalue weighted by molar-refractivity contribution is -0.200. The van der Waals surface area contributed by atoms with Crippen LogP contribution in [0, 0.1) is 0 Å². The second kappa shape index (κ2) is 13.0. The summed E-state index contributed by atoms with van der Waals surface area (Å²) >= 11 is 5.96. The number of urea groups is 1. The predicted octanol–water partition coefficient (Wildman–Crippen LogP) is 4.92. The summed E-state index contributed by atoms with van der Waals surface area (Å²) in [5.41, 5.74) is 2.35. The van der Waals surface area contributed by atoms with Crippen LogP contribution >= 0.6 is 11.6 Å². The van der Waals surface area contributed by atoms with Crippen molar-refractivity contribution in [1.82, 2.24) is 15.7 Å². The van der Waals surface area contributed by atoms with Gasteiger partial charge >= 0.3 is 6.03 Å². The van der Waals surface area contributed by atoms with Crippen LogP contribution in [0.3, 0.4) is 0 Å². The summed E-state index contributed by atoms with van der Waals surface area (Å²) in [6, 6.07) is 13.2. The summed E-state index contributed by atoms with van der Waals surface area (Å²) in [6.07, 6.45) is 1.54. The molecule has 12 heteroatoms. The van der Waals surface area contributed by atoms with Crippen molar-refractivity contribution in [3.8, 4) is 11.5 Å². The quantitative estimate of drug-likeness (QED) is 0.428. The van der Waals surface area contributed by atoms with E-state index in [1.807, 2.05) is 20.8 Å². The molecular formula is C29H38ClN3O7S. The zero-order chi connectivity index (χ0) is 29.7. The number of nitrogens with one attached hydrogen (secondary N) is 2. The van der Waals surface area contributed by atoms with Gasteiger partial charge in [0.05, 0.1) is 12.2 Å². The maximum Gasteiger partial charge on any atom is 0.317 e. The van der Waals surface area contributed by atoms with E-state index in [9.17, 15) is 18.0 Å². The van der Waals surface area contributed by atoms with E-state index in [1.54, 1.807) is 48.5 Å². The van der Waals surface area contributed by atoms with Crippen molar-refractivity contribution in [3.63, 3.8) is 0 Å². The lowest BCUT2D eigenvalue weighted by Gasteiger charge is -2.33. The molecule has 2 N–H and O–H groups in total. The van der Waals surface area contributed by atoms with E-state index >= 15 is 0 Å². The van der Waals surface area contributed by atoms with E-state index in [2.05, 4.69) is 10.8 Å². The van der Waals surface area contributed by atoms with Crippen molar-refractivity contribution in [2.24, 2.45) is 0 Å². The maximum absolute atomic E-state index is 14.0. The van der Waals surface area contributed by atoms with Crippen molar-refractivity contribution in [2.75, 3.05) is 25.4 Å². The van der Waals surface area contributed by atoms with Crippen molar-refractivity contribution in [1.29, 1.82) is 0 Å². The minimum atomic E-state index is -3.92. The van der Waals surface area contributed by atoms with Gasteiger partial charge in [-0.3, -0.25) is 4.79 Å². The Morgan fingerprint density at radius 3 is 2.32 bits per heavy atom. The van der Waals surface area contributed by atoms with Gasteiger partial charge in [-0.2, -0.15) is 0 Å².